The molecule has 0 aliphatic heterocycles. The minimum Gasteiger partial charge on any atom is -0.313 e. The van der Waals surface area contributed by atoms with Gasteiger partial charge in [-0.25, -0.2) is 0 Å². The van der Waals surface area contributed by atoms with Gasteiger partial charge in [0.15, 0.2) is 0 Å². The molecule has 92 valence electrons. The van der Waals surface area contributed by atoms with E-state index in [0.717, 1.165) is 19.6 Å². The summed E-state index contributed by atoms with van der Waals surface area (Å²) in [5, 5.41) is 7.77. The summed E-state index contributed by atoms with van der Waals surface area (Å²) in [5.74, 6) is 2.45. The Balaban J connectivity index is 2.38. The molecule has 0 amide bonds. The van der Waals surface area contributed by atoms with Crippen LogP contribution in [0.4, 0.5) is 0 Å². The van der Waals surface area contributed by atoms with Crippen LogP contribution < -0.4 is 5.32 Å². The van der Waals surface area contributed by atoms with Gasteiger partial charge in [0.05, 0.1) is 6.20 Å². The topological polar surface area (TPSA) is 29.9 Å². The second kappa shape index (κ2) is 7.74. The van der Waals surface area contributed by atoms with Gasteiger partial charge < -0.3 is 5.32 Å². The number of aromatic nitrogens is 2. The van der Waals surface area contributed by atoms with Gasteiger partial charge in [-0.3, -0.25) is 4.68 Å². The van der Waals surface area contributed by atoms with Crippen LogP contribution in [0, 0.1) is 6.92 Å². The molecule has 0 radical (unpaired) electrons. The zero-order valence-corrected chi connectivity index (χ0v) is 11.4. The second-order valence-corrected chi connectivity index (χ2v) is 5.20. The van der Waals surface area contributed by atoms with E-state index in [9.17, 15) is 0 Å². The molecule has 0 aromatic carbocycles. The highest BCUT2D eigenvalue weighted by Crippen LogP contribution is 2.09. The summed E-state index contributed by atoms with van der Waals surface area (Å²) < 4.78 is 2.13. The molecular weight excluding hydrogens is 218 g/mol. The summed E-state index contributed by atoms with van der Waals surface area (Å²) in [5.41, 5.74) is 2.63. The van der Waals surface area contributed by atoms with E-state index in [-0.39, 0.29) is 0 Å². The summed E-state index contributed by atoms with van der Waals surface area (Å²) in [6.07, 6.45) is 3.20. The third-order valence-electron chi connectivity index (χ3n) is 2.63. The highest BCUT2D eigenvalue weighted by Gasteiger charge is 2.04. The van der Waals surface area contributed by atoms with Crippen molar-refractivity contribution in [3.8, 4) is 0 Å². The lowest BCUT2D eigenvalue weighted by Crippen LogP contribution is -2.12. The van der Waals surface area contributed by atoms with Crippen molar-refractivity contribution in [2.45, 2.75) is 40.3 Å². The van der Waals surface area contributed by atoms with E-state index in [1.807, 2.05) is 18.0 Å². The summed E-state index contributed by atoms with van der Waals surface area (Å²) in [6, 6.07) is 0. The summed E-state index contributed by atoms with van der Waals surface area (Å²) in [4.78, 5) is 0. The third-order valence-corrected chi connectivity index (χ3v) is 3.62. The highest BCUT2D eigenvalue weighted by molar-refractivity contribution is 7.99. The van der Waals surface area contributed by atoms with E-state index in [1.54, 1.807) is 0 Å². The van der Waals surface area contributed by atoms with Crippen LogP contribution >= 0.6 is 11.8 Å². The standard InChI is InChI=1S/C12H23N3S/c1-4-13-9-12-10-14-15(11(12)3)7-6-8-16-5-2/h10,13H,4-9H2,1-3H3. The number of nitrogens with one attached hydrogen (secondary N) is 1. The maximum Gasteiger partial charge on any atom is 0.0537 e. The van der Waals surface area contributed by atoms with Crippen molar-refractivity contribution in [2.24, 2.45) is 0 Å². The van der Waals surface area contributed by atoms with Crippen molar-refractivity contribution in [1.82, 2.24) is 15.1 Å². The van der Waals surface area contributed by atoms with E-state index in [0.29, 0.717) is 0 Å². The van der Waals surface area contributed by atoms with Crippen molar-refractivity contribution >= 4 is 11.8 Å². The minimum atomic E-state index is 0.937. The minimum absolute atomic E-state index is 0.937. The Morgan fingerprint density at radius 1 is 1.44 bits per heavy atom. The average molecular weight is 241 g/mol. The Labute approximate surface area is 103 Å². The Hall–Kier alpha value is -0.480. The van der Waals surface area contributed by atoms with E-state index >= 15 is 0 Å². The lowest BCUT2D eigenvalue weighted by molar-refractivity contribution is 0.588. The van der Waals surface area contributed by atoms with Gasteiger partial charge in [0.1, 0.15) is 0 Å². The molecular formula is C12H23N3S. The van der Waals surface area contributed by atoms with Crippen molar-refractivity contribution < 1.29 is 0 Å². The average Bonchev–Trinajstić information content (AvgIpc) is 2.64. The molecule has 3 nitrogen and oxygen atoms in total. The Morgan fingerprint density at radius 3 is 2.94 bits per heavy atom. The van der Waals surface area contributed by atoms with Crippen molar-refractivity contribution in [2.75, 3.05) is 18.1 Å². The highest BCUT2D eigenvalue weighted by atomic mass is 32.2. The molecule has 0 aliphatic carbocycles. The quantitative estimate of drug-likeness (QED) is 0.709. The van der Waals surface area contributed by atoms with Crippen LogP contribution in [0.5, 0.6) is 0 Å². The molecule has 1 aromatic rings. The van der Waals surface area contributed by atoms with E-state index in [2.05, 4.69) is 35.9 Å². The predicted molar refractivity (Wildman–Crippen MR) is 72.0 cm³/mol. The van der Waals surface area contributed by atoms with E-state index in [4.69, 9.17) is 0 Å². The van der Waals surface area contributed by atoms with Crippen molar-refractivity contribution in [3.05, 3.63) is 17.5 Å². The molecule has 0 fully saturated rings. The number of rotatable bonds is 8. The maximum atomic E-state index is 4.43. The van der Waals surface area contributed by atoms with Crippen LogP contribution in [-0.2, 0) is 13.1 Å². The van der Waals surface area contributed by atoms with Gasteiger partial charge in [-0.1, -0.05) is 13.8 Å². The zero-order valence-electron chi connectivity index (χ0n) is 10.6. The predicted octanol–water partition coefficient (Wildman–Crippen LogP) is 2.44. The summed E-state index contributed by atoms with van der Waals surface area (Å²) >= 11 is 2.00. The Morgan fingerprint density at radius 2 is 2.25 bits per heavy atom. The zero-order chi connectivity index (χ0) is 11.8. The molecule has 1 heterocycles. The smallest absolute Gasteiger partial charge is 0.0537 e. The lowest BCUT2D eigenvalue weighted by Gasteiger charge is -2.05. The van der Waals surface area contributed by atoms with Gasteiger partial charge in [-0.05, 0) is 31.4 Å². The molecule has 1 rings (SSSR count). The Kier molecular flexibility index (Phi) is 6.57. The van der Waals surface area contributed by atoms with E-state index < -0.39 is 0 Å². The third kappa shape index (κ3) is 4.18. The lowest BCUT2D eigenvalue weighted by atomic mass is 10.2. The molecule has 1 N–H and O–H groups in total. The first-order chi connectivity index (χ1) is 7.79. The second-order valence-electron chi connectivity index (χ2n) is 3.81. The van der Waals surface area contributed by atoms with Crippen LogP contribution in [0.25, 0.3) is 0 Å². The van der Waals surface area contributed by atoms with Crippen LogP contribution in [-0.4, -0.2) is 27.8 Å². The first-order valence-corrected chi connectivity index (χ1v) is 7.24. The molecule has 16 heavy (non-hydrogen) atoms. The van der Waals surface area contributed by atoms with Gasteiger partial charge in [0.25, 0.3) is 0 Å². The number of hydrogen-bond donors (Lipinski definition) is 1. The van der Waals surface area contributed by atoms with Crippen LogP contribution in [0.3, 0.4) is 0 Å². The number of thioether (sulfide) groups is 1. The van der Waals surface area contributed by atoms with Crippen molar-refractivity contribution in [1.29, 1.82) is 0 Å². The van der Waals surface area contributed by atoms with Gasteiger partial charge in [-0.2, -0.15) is 16.9 Å². The summed E-state index contributed by atoms with van der Waals surface area (Å²) in [6.45, 7) is 9.49. The fraction of sp³-hybridized carbons (Fsp3) is 0.750. The van der Waals surface area contributed by atoms with Crippen molar-refractivity contribution in [3.63, 3.8) is 0 Å². The molecule has 0 unspecified atom stereocenters. The van der Waals surface area contributed by atoms with Gasteiger partial charge in [0, 0.05) is 24.3 Å². The molecule has 0 saturated heterocycles. The molecule has 0 aliphatic rings. The Bertz CT molecular complexity index is 296. The molecule has 0 saturated carbocycles. The fourth-order valence-corrected chi connectivity index (χ4v) is 2.23. The molecule has 1 aromatic heterocycles. The molecule has 4 heteroatoms. The van der Waals surface area contributed by atoms with Gasteiger partial charge >= 0.3 is 0 Å². The first-order valence-electron chi connectivity index (χ1n) is 6.09. The van der Waals surface area contributed by atoms with Crippen LogP contribution in [0.2, 0.25) is 0 Å². The summed E-state index contributed by atoms with van der Waals surface area (Å²) in [7, 11) is 0. The molecule has 0 atom stereocenters. The van der Waals surface area contributed by atoms with Gasteiger partial charge in [0.2, 0.25) is 0 Å². The van der Waals surface area contributed by atoms with E-state index in [1.165, 1.54) is 29.2 Å². The molecule has 0 spiro atoms. The number of aryl methyl sites for hydroxylation is 1. The molecule has 0 bridgehead atoms. The van der Waals surface area contributed by atoms with Crippen LogP contribution in [0.15, 0.2) is 6.20 Å². The largest absolute Gasteiger partial charge is 0.313 e. The monoisotopic (exact) mass is 241 g/mol. The number of nitrogens with zero attached hydrogens (tertiary/aromatic N) is 2. The maximum absolute atomic E-state index is 4.43. The van der Waals surface area contributed by atoms with Crippen LogP contribution in [0.1, 0.15) is 31.5 Å². The SMILES string of the molecule is CCNCc1cnn(CCCSCC)c1C. The first kappa shape index (κ1) is 13.6. The fourth-order valence-electron chi connectivity index (χ4n) is 1.60. The van der Waals surface area contributed by atoms with Gasteiger partial charge in [-0.15, -0.1) is 0 Å². The normalized spacial score (nSPS) is 10.9. The number of hydrogen-bond acceptors (Lipinski definition) is 3.